The zero-order valence-corrected chi connectivity index (χ0v) is 8.00. The van der Waals surface area contributed by atoms with Crippen molar-refractivity contribution in [2.24, 2.45) is 0 Å². The molecule has 0 aliphatic carbocycles. The number of aryl methyl sites for hydroxylation is 2. The van der Waals surface area contributed by atoms with Gasteiger partial charge >= 0.3 is 0 Å². The molecule has 0 saturated carbocycles. The highest BCUT2D eigenvalue weighted by Gasteiger charge is 2.12. The lowest BCUT2D eigenvalue weighted by molar-refractivity contribution is 0.110. The van der Waals surface area contributed by atoms with E-state index in [2.05, 4.69) is 0 Å². The Bertz CT molecular complexity index is 509. The summed E-state index contributed by atoms with van der Waals surface area (Å²) in [6.07, 6.45) is 0.686. The largest absolute Gasteiger partial charge is 0.508 e. The number of hydrogen-bond acceptors (Lipinski definition) is 3. The van der Waals surface area contributed by atoms with Crippen LogP contribution in [0.4, 0.5) is 0 Å². The van der Waals surface area contributed by atoms with E-state index < -0.39 is 0 Å². The van der Waals surface area contributed by atoms with Crippen molar-refractivity contribution in [1.29, 1.82) is 0 Å². The van der Waals surface area contributed by atoms with Gasteiger partial charge in [0.25, 0.3) is 0 Å². The first-order chi connectivity index (χ1) is 6.65. The van der Waals surface area contributed by atoms with Crippen molar-refractivity contribution in [3.05, 3.63) is 29.0 Å². The maximum absolute atomic E-state index is 10.6. The minimum absolute atomic E-state index is 0.184. The van der Waals surface area contributed by atoms with Gasteiger partial charge in [-0.3, -0.25) is 4.79 Å². The van der Waals surface area contributed by atoms with Crippen LogP contribution < -0.4 is 0 Å². The number of fused-ring (bicyclic) bond motifs is 1. The van der Waals surface area contributed by atoms with Gasteiger partial charge in [0.1, 0.15) is 11.3 Å². The first-order valence-corrected chi connectivity index (χ1v) is 4.32. The lowest BCUT2D eigenvalue weighted by Crippen LogP contribution is -1.77. The number of carbonyl (C=O) groups excluding carboxylic acids is 1. The third kappa shape index (κ3) is 1.02. The van der Waals surface area contributed by atoms with Gasteiger partial charge in [0.15, 0.2) is 12.0 Å². The fourth-order valence-corrected chi connectivity index (χ4v) is 1.54. The molecule has 0 bridgehead atoms. The van der Waals surface area contributed by atoms with Gasteiger partial charge in [-0.05, 0) is 26.0 Å². The van der Waals surface area contributed by atoms with Gasteiger partial charge in [0.05, 0.1) is 0 Å². The molecule has 0 radical (unpaired) electrons. The normalized spacial score (nSPS) is 10.7. The molecule has 2 aromatic rings. The molecule has 0 spiro atoms. The topological polar surface area (TPSA) is 50.4 Å². The lowest BCUT2D eigenvalue weighted by atomic mass is 10.1. The molecule has 2 rings (SSSR count). The van der Waals surface area contributed by atoms with Gasteiger partial charge in [-0.25, -0.2) is 0 Å². The fourth-order valence-electron chi connectivity index (χ4n) is 1.54. The summed E-state index contributed by atoms with van der Waals surface area (Å²) < 4.78 is 5.33. The van der Waals surface area contributed by atoms with Gasteiger partial charge in [-0.2, -0.15) is 0 Å². The first-order valence-electron chi connectivity index (χ1n) is 4.32. The molecular formula is C11H10O3. The monoisotopic (exact) mass is 190 g/mol. The Kier molecular flexibility index (Phi) is 1.81. The Morgan fingerprint density at radius 2 is 2.00 bits per heavy atom. The molecule has 0 unspecified atom stereocenters. The van der Waals surface area contributed by atoms with Gasteiger partial charge < -0.3 is 9.52 Å². The summed E-state index contributed by atoms with van der Waals surface area (Å²) >= 11 is 0. The van der Waals surface area contributed by atoms with Crippen LogP contribution in [0.3, 0.4) is 0 Å². The summed E-state index contributed by atoms with van der Waals surface area (Å²) in [7, 11) is 0. The number of hydrogen-bond donors (Lipinski definition) is 1. The van der Waals surface area contributed by atoms with Crippen LogP contribution in [-0.2, 0) is 0 Å². The van der Waals surface area contributed by atoms with Gasteiger partial charge in [-0.15, -0.1) is 0 Å². The van der Waals surface area contributed by atoms with Crippen LogP contribution in [0.2, 0.25) is 0 Å². The average molecular weight is 190 g/mol. The van der Waals surface area contributed by atoms with Crippen LogP contribution in [0.25, 0.3) is 11.0 Å². The molecule has 3 nitrogen and oxygen atoms in total. The smallest absolute Gasteiger partial charge is 0.185 e. The number of phenolic OH excluding ortho intramolecular Hbond substituents is 1. The second kappa shape index (κ2) is 2.87. The highest BCUT2D eigenvalue weighted by atomic mass is 16.3. The molecule has 0 saturated heterocycles. The van der Waals surface area contributed by atoms with Crippen LogP contribution in [0.15, 0.2) is 16.5 Å². The molecule has 14 heavy (non-hydrogen) atoms. The molecule has 1 N–H and O–H groups in total. The van der Waals surface area contributed by atoms with Crippen molar-refractivity contribution >= 4 is 17.3 Å². The van der Waals surface area contributed by atoms with Gasteiger partial charge in [0.2, 0.25) is 0 Å². The number of carbonyl (C=O) groups is 1. The highest BCUT2D eigenvalue weighted by molar-refractivity contribution is 5.91. The Hall–Kier alpha value is -1.77. The average Bonchev–Trinajstić information content (AvgIpc) is 2.50. The van der Waals surface area contributed by atoms with Crippen molar-refractivity contribution in [1.82, 2.24) is 0 Å². The van der Waals surface area contributed by atoms with Gasteiger partial charge in [-0.1, -0.05) is 0 Å². The summed E-state index contributed by atoms with van der Waals surface area (Å²) in [4.78, 5) is 10.6. The standard InChI is InChI=1S/C11H10O3/c1-6-8-3-4-9(13)7(2)11(8)14-10(6)5-12/h3-5,13H,1-2H3. The second-order valence-electron chi connectivity index (χ2n) is 3.30. The van der Waals surface area contributed by atoms with E-state index in [1.807, 2.05) is 6.92 Å². The third-order valence-electron chi connectivity index (χ3n) is 2.47. The summed E-state index contributed by atoms with van der Waals surface area (Å²) in [5.41, 5.74) is 2.07. The Morgan fingerprint density at radius 3 is 2.64 bits per heavy atom. The molecule has 1 aromatic heterocycles. The SMILES string of the molecule is Cc1c(C=O)oc2c(C)c(O)ccc12. The van der Waals surface area contributed by atoms with Crippen LogP contribution in [0.5, 0.6) is 5.75 Å². The molecule has 1 heterocycles. The van der Waals surface area contributed by atoms with E-state index in [1.165, 1.54) is 0 Å². The molecule has 72 valence electrons. The van der Waals surface area contributed by atoms with E-state index in [4.69, 9.17) is 4.42 Å². The molecule has 3 heteroatoms. The molecule has 0 aliphatic rings. The van der Waals surface area contributed by atoms with Crippen molar-refractivity contribution in [2.75, 3.05) is 0 Å². The van der Waals surface area contributed by atoms with Crippen LogP contribution in [0.1, 0.15) is 21.7 Å². The van der Waals surface area contributed by atoms with E-state index in [1.54, 1.807) is 19.1 Å². The summed E-state index contributed by atoms with van der Waals surface area (Å²) in [6, 6.07) is 3.36. The molecule has 1 aromatic carbocycles. The predicted molar refractivity (Wildman–Crippen MR) is 52.7 cm³/mol. The number of rotatable bonds is 1. The maximum atomic E-state index is 10.6. The summed E-state index contributed by atoms with van der Waals surface area (Å²) in [6.45, 7) is 3.58. The van der Waals surface area contributed by atoms with Crippen molar-refractivity contribution in [3.8, 4) is 5.75 Å². The van der Waals surface area contributed by atoms with E-state index >= 15 is 0 Å². The van der Waals surface area contributed by atoms with E-state index in [9.17, 15) is 9.90 Å². The summed E-state index contributed by atoms with van der Waals surface area (Å²) in [5.74, 6) is 0.511. The number of aldehydes is 1. The number of furan rings is 1. The number of aromatic hydroxyl groups is 1. The van der Waals surface area contributed by atoms with E-state index in [-0.39, 0.29) is 5.75 Å². The Labute approximate surface area is 81.0 Å². The minimum Gasteiger partial charge on any atom is -0.508 e. The Morgan fingerprint density at radius 1 is 1.29 bits per heavy atom. The number of benzene rings is 1. The quantitative estimate of drug-likeness (QED) is 0.703. The lowest BCUT2D eigenvalue weighted by Gasteiger charge is -1.97. The van der Waals surface area contributed by atoms with Crippen molar-refractivity contribution in [3.63, 3.8) is 0 Å². The molecular weight excluding hydrogens is 180 g/mol. The second-order valence-corrected chi connectivity index (χ2v) is 3.30. The zero-order chi connectivity index (χ0) is 10.3. The molecule has 0 fully saturated rings. The number of phenols is 1. The zero-order valence-electron chi connectivity index (χ0n) is 8.00. The van der Waals surface area contributed by atoms with E-state index in [0.717, 1.165) is 10.9 Å². The first kappa shape index (κ1) is 8.81. The van der Waals surface area contributed by atoms with Gasteiger partial charge in [0, 0.05) is 16.5 Å². The minimum atomic E-state index is 0.184. The Balaban J connectivity index is 2.91. The van der Waals surface area contributed by atoms with Crippen LogP contribution >= 0.6 is 0 Å². The van der Waals surface area contributed by atoms with E-state index in [0.29, 0.717) is 23.2 Å². The molecule has 0 amide bonds. The predicted octanol–water partition coefficient (Wildman–Crippen LogP) is 2.57. The molecule has 0 atom stereocenters. The maximum Gasteiger partial charge on any atom is 0.185 e. The van der Waals surface area contributed by atoms with Crippen LogP contribution in [-0.4, -0.2) is 11.4 Å². The highest BCUT2D eigenvalue weighted by Crippen LogP contribution is 2.31. The third-order valence-corrected chi connectivity index (χ3v) is 2.47. The fraction of sp³-hybridized carbons (Fsp3) is 0.182. The summed E-state index contributed by atoms with van der Waals surface area (Å²) in [5, 5.41) is 10.3. The van der Waals surface area contributed by atoms with Crippen molar-refractivity contribution in [2.45, 2.75) is 13.8 Å². The van der Waals surface area contributed by atoms with Crippen LogP contribution in [0, 0.1) is 13.8 Å². The molecule has 0 aliphatic heterocycles. The van der Waals surface area contributed by atoms with Crippen molar-refractivity contribution < 1.29 is 14.3 Å².